The summed E-state index contributed by atoms with van der Waals surface area (Å²) in [5, 5.41) is 8.01. The van der Waals surface area contributed by atoms with Gasteiger partial charge in [-0.1, -0.05) is 30.3 Å². The molecule has 0 saturated heterocycles. The van der Waals surface area contributed by atoms with Crippen LogP contribution >= 0.6 is 12.4 Å². The van der Waals surface area contributed by atoms with Gasteiger partial charge in [0.25, 0.3) is 0 Å². The molecule has 0 aliphatic carbocycles. The van der Waals surface area contributed by atoms with Crippen molar-refractivity contribution in [1.29, 1.82) is 0 Å². The number of halogens is 1. The van der Waals surface area contributed by atoms with Gasteiger partial charge in [-0.05, 0) is 39.3 Å². The molecule has 1 aromatic carbocycles. The molecule has 1 heterocycles. The molecule has 2 rings (SSSR count). The topological polar surface area (TPSA) is 29.9 Å². The van der Waals surface area contributed by atoms with Gasteiger partial charge in [0.2, 0.25) is 0 Å². The molecule has 0 bridgehead atoms. The molecule has 2 aromatic rings. The van der Waals surface area contributed by atoms with E-state index in [0.717, 1.165) is 25.2 Å². The second-order valence-electron chi connectivity index (χ2n) is 5.23. The predicted molar refractivity (Wildman–Crippen MR) is 86.4 cm³/mol. The summed E-state index contributed by atoms with van der Waals surface area (Å²) in [6.45, 7) is 8.27. The smallest absolute Gasteiger partial charge is 0.0638 e. The highest BCUT2D eigenvalue weighted by Crippen LogP contribution is 2.10. The van der Waals surface area contributed by atoms with Crippen LogP contribution in [-0.2, 0) is 13.0 Å². The quantitative estimate of drug-likeness (QED) is 0.826. The molecular formula is C16H24ClN3. The van der Waals surface area contributed by atoms with E-state index in [4.69, 9.17) is 0 Å². The second-order valence-corrected chi connectivity index (χ2v) is 5.23. The highest BCUT2D eigenvalue weighted by Gasteiger charge is 2.06. The predicted octanol–water partition coefficient (Wildman–Crippen LogP) is 3.53. The van der Waals surface area contributed by atoms with E-state index in [1.54, 1.807) is 0 Å². The molecule has 0 atom stereocenters. The van der Waals surface area contributed by atoms with Crippen LogP contribution in [0.25, 0.3) is 0 Å². The van der Waals surface area contributed by atoms with Crippen LogP contribution in [0.5, 0.6) is 0 Å². The number of nitrogens with zero attached hydrogens (tertiary/aromatic N) is 2. The van der Waals surface area contributed by atoms with Crippen LogP contribution in [0.15, 0.2) is 36.5 Å². The average Bonchev–Trinajstić information content (AvgIpc) is 2.78. The summed E-state index contributed by atoms with van der Waals surface area (Å²) in [7, 11) is 0. The lowest BCUT2D eigenvalue weighted by atomic mass is 10.1. The molecule has 0 spiro atoms. The van der Waals surface area contributed by atoms with E-state index >= 15 is 0 Å². The van der Waals surface area contributed by atoms with E-state index in [-0.39, 0.29) is 12.4 Å². The van der Waals surface area contributed by atoms with Crippen LogP contribution in [0.3, 0.4) is 0 Å². The van der Waals surface area contributed by atoms with Crippen LogP contribution in [0.2, 0.25) is 0 Å². The SMILES string of the molecule is Cc1nn(C(C)C)cc1CNCCc1ccccc1.Cl. The third-order valence-electron chi connectivity index (χ3n) is 3.30. The van der Waals surface area contributed by atoms with Gasteiger partial charge < -0.3 is 5.32 Å². The molecule has 20 heavy (non-hydrogen) atoms. The van der Waals surface area contributed by atoms with Gasteiger partial charge in [0, 0.05) is 24.3 Å². The first-order valence-corrected chi connectivity index (χ1v) is 6.96. The molecule has 0 aliphatic heterocycles. The Morgan fingerprint density at radius 2 is 1.90 bits per heavy atom. The van der Waals surface area contributed by atoms with Gasteiger partial charge in [0.15, 0.2) is 0 Å². The lowest BCUT2D eigenvalue weighted by Gasteiger charge is -2.04. The van der Waals surface area contributed by atoms with Crippen LogP contribution in [-0.4, -0.2) is 16.3 Å². The summed E-state index contributed by atoms with van der Waals surface area (Å²) in [5.41, 5.74) is 3.80. The van der Waals surface area contributed by atoms with Gasteiger partial charge in [-0.15, -0.1) is 12.4 Å². The minimum absolute atomic E-state index is 0. The van der Waals surface area contributed by atoms with Gasteiger partial charge in [-0.3, -0.25) is 4.68 Å². The molecule has 0 unspecified atom stereocenters. The fourth-order valence-electron chi connectivity index (χ4n) is 2.06. The minimum Gasteiger partial charge on any atom is -0.312 e. The Hall–Kier alpha value is -1.32. The summed E-state index contributed by atoms with van der Waals surface area (Å²) < 4.78 is 2.03. The van der Waals surface area contributed by atoms with Crippen molar-refractivity contribution in [1.82, 2.24) is 15.1 Å². The molecule has 110 valence electrons. The molecule has 3 nitrogen and oxygen atoms in total. The number of aromatic nitrogens is 2. The summed E-state index contributed by atoms with van der Waals surface area (Å²) in [6.07, 6.45) is 3.22. The Morgan fingerprint density at radius 1 is 1.20 bits per heavy atom. The molecule has 0 fully saturated rings. The normalized spacial score (nSPS) is 10.6. The maximum Gasteiger partial charge on any atom is 0.0638 e. The zero-order chi connectivity index (χ0) is 13.7. The number of benzene rings is 1. The molecule has 0 saturated carbocycles. The zero-order valence-electron chi connectivity index (χ0n) is 12.5. The van der Waals surface area contributed by atoms with E-state index in [1.165, 1.54) is 11.1 Å². The first kappa shape index (κ1) is 16.7. The Labute approximate surface area is 127 Å². The fourth-order valence-corrected chi connectivity index (χ4v) is 2.06. The van der Waals surface area contributed by atoms with E-state index < -0.39 is 0 Å². The van der Waals surface area contributed by atoms with Gasteiger partial charge in [-0.25, -0.2) is 0 Å². The highest BCUT2D eigenvalue weighted by atomic mass is 35.5. The Balaban J connectivity index is 0.00000200. The zero-order valence-corrected chi connectivity index (χ0v) is 13.3. The maximum absolute atomic E-state index is 4.52. The van der Waals surface area contributed by atoms with E-state index in [0.29, 0.717) is 6.04 Å². The van der Waals surface area contributed by atoms with Gasteiger partial charge >= 0.3 is 0 Å². The highest BCUT2D eigenvalue weighted by molar-refractivity contribution is 5.85. The van der Waals surface area contributed by atoms with Crippen LogP contribution in [0.4, 0.5) is 0 Å². The average molecular weight is 294 g/mol. The number of rotatable bonds is 6. The standard InChI is InChI=1S/C16H23N3.ClH/c1-13(2)19-12-16(14(3)18-19)11-17-10-9-15-7-5-4-6-8-15;/h4-8,12-13,17H,9-11H2,1-3H3;1H. The summed E-state index contributed by atoms with van der Waals surface area (Å²) in [6, 6.07) is 11.0. The molecular weight excluding hydrogens is 270 g/mol. The Morgan fingerprint density at radius 3 is 2.50 bits per heavy atom. The van der Waals surface area contributed by atoms with Crippen molar-refractivity contribution < 1.29 is 0 Å². The number of nitrogens with one attached hydrogen (secondary N) is 1. The van der Waals surface area contributed by atoms with Gasteiger partial charge in [0.1, 0.15) is 0 Å². The molecule has 0 amide bonds. The summed E-state index contributed by atoms with van der Waals surface area (Å²) >= 11 is 0. The minimum atomic E-state index is 0. The molecule has 1 aromatic heterocycles. The van der Waals surface area contributed by atoms with Crippen molar-refractivity contribution >= 4 is 12.4 Å². The Bertz CT molecular complexity index is 506. The van der Waals surface area contributed by atoms with E-state index in [9.17, 15) is 0 Å². The molecule has 4 heteroatoms. The summed E-state index contributed by atoms with van der Waals surface area (Å²) in [4.78, 5) is 0. The summed E-state index contributed by atoms with van der Waals surface area (Å²) in [5.74, 6) is 0. The largest absolute Gasteiger partial charge is 0.312 e. The van der Waals surface area contributed by atoms with E-state index in [1.807, 2.05) is 4.68 Å². The number of hydrogen-bond acceptors (Lipinski definition) is 2. The van der Waals surface area contributed by atoms with Crippen LogP contribution < -0.4 is 5.32 Å². The van der Waals surface area contributed by atoms with Crippen molar-refractivity contribution in [3.05, 3.63) is 53.3 Å². The van der Waals surface area contributed by atoms with Crippen molar-refractivity contribution in [2.24, 2.45) is 0 Å². The number of aryl methyl sites for hydroxylation is 1. The lowest BCUT2D eigenvalue weighted by molar-refractivity contribution is 0.528. The Kier molecular flexibility index (Phi) is 6.76. The third-order valence-corrected chi connectivity index (χ3v) is 3.30. The van der Waals surface area contributed by atoms with Gasteiger partial charge in [-0.2, -0.15) is 5.10 Å². The first-order valence-electron chi connectivity index (χ1n) is 6.96. The van der Waals surface area contributed by atoms with Crippen molar-refractivity contribution in [3.8, 4) is 0 Å². The van der Waals surface area contributed by atoms with Crippen molar-refractivity contribution in [2.45, 2.75) is 39.8 Å². The van der Waals surface area contributed by atoms with Crippen molar-refractivity contribution in [2.75, 3.05) is 6.54 Å². The molecule has 0 aliphatic rings. The third kappa shape index (κ3) is 4.66. The van der Waals surface area contributed by atoms with Crippen molar-refractivity contribution in [3.63, 3.8) is 0 Å². The fraction of sp³-hybridized carbons (Fsp3) is 0.438. The monoisotopic (exact) mass is 293 g/mol. The van der Waals surface area contributed by atoms with E-state index in [2.05, 4.69) is 67.7 Å². The second kappa shape index (κ2) is 8.08. The number of hydrogen-bond donors (Lipinski definition) is 1. The van der Waals surface area contributed by atoms with Crippen LogP contribution in [0.1, 0.15) is 36.7 Å². The maximum atomic E-state index is 4.52. The first-order chi connectivity index (χ1) is 9.16. The van der Waals surface area contributed by atoms with Crippen LogP contribution in [0, 0.1) is 6.92 Å². The van der Waals surface area contributed by atoms with Gasteiger partial charge in [0.05, 0.1) is 5.69 Å². The molecule has 1 N–H and O–H groups in total. The molecule has 0 radical (unpaired) electrons. The lowest BCUT2D eigenvalue weighted by Crippen LogP contribution is -2.16.